The number of methoxy groups -OCH3 is 1. The molecule has 5 heteroatoms. The van der Waals surface area contributed by atoms with Gasteiger partial charge in [-0.15, -0.1) is 0 Å². The van der Waals surface area contributed by atoms with Gasteiger partial charge in [0, 0.05) is 7.11 Å². The SMILES string of the molecule is CO[C@@H](C)[C@H]1OC(=O)C1(Cl)Cl. The topological polar surface area (TPSA) is 35.5 Å². The monoisotopic (exact) mass is 198 g/mol. The first kappa shape index (κ1) is 9.10. The molecule has 0 aromatic carbocycles. The second-order valence-corrected chi connectivity index (χ2v) is 3.78. The van der Waals surface area contributed by atoms with Crippen LogP contribution in [-0.4, -0.2) is 29.6 Å². The van der Waals surface area contributed by atoms with Crippen molar-refractivity contribution in [2.45, 2.75) is 23.5 Å². The van der Waals surface area contributed by atoms with Crippen LogP contribution in [-0.2, 0) is 14.3 Å². The van der Waals surface area contributed by atoms with Crippen molar-refractivity contribution in [2.75, 3.05) is 7.11 Å². The minimum atomic E-state index is -1.42. The largest absolute Gasteiger partial charge is 0.453 e. The number of ether oxygens (including phenoxy) is 2. The third-order valence-electron chi connectivity index (χ3n) is 1.66. The van der Waals surface area contributed by atoms with E-state index >= 15 is 0 Å². The number of esters is 1. The van der Waals surface area contributed by atoms with Gasteiger partial charge in [-0.3, -0.25) is 0 Å². The van der Waals surface area contributed by atoms with E-state index in [1.165, 1.54) is 7.11 Å². The highest BCUT2D eigenvalue weighted by Gasteiger charge is 2.58. The summed E-state index contributed by atoms with van der Waals surface area (Å²) >= 11 is 11.2. The summed E-state index contributed by atoms with van der Waals surface area (Å²) < 4.78 is 8.15. The summed E-state index contributed by atoms with van der Waals surface area (Å²) in [4.78, 5) is 10.6. The Labute approximate surface area is 74.6 Å². The number of carbonyl (C=O) groups excluding carboxylic acids is 1. The highest BCUT2D eigenvalue weighted by Crippen LogP contribution is 2.40. The van der Waals surface area contributed by atoms with Crippen LogP contribution >= 0.6 is 23.2 Å². The molecule has 1 aliphatic heterocycles. The molecule has 1 aliphatic rings. The molecule has 1 saturated heterocycles. The number of hydrogen-bond donors (Lipinski definition) is 0. The smallest absolute Gasteiger partial charge is 0.347 e. The Balaban J connectivity index is 2.59. The van der Waals surface area contributed by atoms with Crippen molar-refractivity contribution in [3.05, 3.63) is 0 Å². The number of cyclic esters (lactones) is 1. The summed E-state index contributed by atoms with van der Waals surface area (Å²) in [5.74, 6) is -0.602. The Morgan fingerprint density at radius 1 is 1.73 bits per heavy atom. The minimum absolute atomic E-state index is 0.275. The van der Waals surface area contributed by atoms with Crippen LogP contribution in [0.3, 0.4) is 0 Å². The normalized spacial score (nSPS) is 30.5. The Morgan fingerprint density at radius 3 is 2.55 bits per heavy atom. The fourth-order valence-electron chi connectivity index (χ4n) is 0.840. The standard InChI is InChI=1S/C6H8Cl2O3/c1-3(10-2)4-6(7,8)5(9)11-4/h3-4H,1-2H3/t3-,4+/m0/s1. The Hall–Kier alpha value is 0.01000. The third kappa shape index (κ3) is 1.33. The van der Waals surface area contributed by atoms with E-state index in [9.17, 15) is 4.79 Å². The zero-order chi connectivity index (χ0) is 8.65. The van der Waals surface area contributed by atoms with E-state index in [1.807, 2.05) is 0 Å². The Bertz CT molecular complexity index is 181. The maximum absolute atomic E-state index is 10.6. The highest BCUT2D eigenvalue weighted by molar-refractivity contribution is 6.59. The molecule has 1 fully saturated rings. The first-order chi connectivity index (χ1) is 5.00. The fraction of sp³-hybridized carbons (Fsp3) is 0.833. The molecule has 0 aromatic rings. The second-order valence-electron chi connectivity index (χ2n) is 2.39. The van der Waals surface area contributed by atoms with Crippen molar-refractivity contribution in [1.82, 2.24) is 0 Å². The summed E-state index contributed by atoms with van der Waals surface area (Å²) in [7, 11) is 1.50. The molecule has 0 aliphatic carbocycles. The van der Waals surface area contributed by atoms with E-state index in [2.05, 4.69) is 4.74 Å². The van der Waals surface area contributed by atoms with Gasteiger partial charge in [0.25, 0.3) is 4.33 Å². The number of halogens is 2. The van der Waals surface area contributed by atoms with Gasteiger partial charge in [-0.25, -0.2) is 4.79 Å². The first-order valence-corrected chi connectivity index (χ1v) is 3.87. The lowest BCUT2D eigenvalue weighted by molar-refractivity contribution is -0.184. The molecule has 0 bridgehead atoms. The number of rotatable bonds is 2. The van der Waals surface area contributed by atoms with Crippen LogP contribution in [0.4, 0.5) is 0 Å². The van der Waals surface area contributed by atoms with Gasteiger partial charge in [0.2, 0.25) is 0 Å². The maximum Gasteiger partial charge on any atom is 0.347 e. The predicted molar refractivity (Wildman–Crippen MR) is 40.8 cm³/mol. The van der Waals surface area contributed by atoms with Gasteiger partial charge in [-0.2, -0.15) is 0 Å². The number of hydrogen-bond acceptors (Lipinski definition) is 3. The molecule has 1 rings (SSSR count). The van der Waals surface area contributed by atoms with Crippen molar-refractivity contribution >= 4 is 29.2 Å². The van der Waals surface area contributed by atoms with E-state index < -0.39 is 16.4 Å². The molecule has 11 heavy (non-hydrogen) atoms. The zero-order valence-corrected chi connectivity index (χ0v) is 7.65. The molecule has 0 spiro atoms. The van der Waals surface area contributed by atoms with Crippen LogP contribution < -0.4 is 0 Å². The molecule has 0 amide bonds. The Morgan fingerprint density at radius 2 is 2.27 bits per heavy atom. The van der Waals surface area contributed by atoms with Gasteiger partial charge in [0.05, 0.1) is 6.10 Å². The lowest BCUT2D eigenvalue weighted by atomic mass is 10.1. The molecule has 1 heterocycles. The van der Waals surface area contributed by atoms with Crippen LogP contribution in [0.5, 0.6) is 0 Å². The van der Waals surface area contributed by atoms with E-state index in [0.717, 1.165) is 0 Å². The van der Waals surface area contributed by atoms with Gasteiger partial charge >= 0.3 is 5.97 Å². The molecule has 0 aromatic heterocycles. The van der Waals surface area contributed by atoms with Crippen LogP contribution in [0.2, 0.25) is 0 Å². The third-order valence-corrected chi connectivity index (χ3v) is 2.40. The van der Waals surface area contributed by atoms with Crippen LogP contribution in [0.15, 0.2) is 0 Å². The fourth-order valence-corrected chi connectivity index (χ4v) is 1.37. The van der Waals surface area contributed by atoms with E-state index in [-0.39, 0.29) is 6.10 Å². The van der Waals surface area contributed by atoms with Crippen LogP contribution in [0, 0.1) is 0 Å². The Kier molecular flexibility index (Phi) is 2.32. The van der Waals surface area contributed by atoms with Gasteiger partial charge < -0.3 is 9.47 Å². The van der Waals surface area contributed by atoms with Crippen molar-refractivity contribution < 1.29 is 14.3 Å². The zero-order valence-electron chi connectivity index (χ0n) is 6.14. The van der Waals surface area contributed by atoms with Gasteiger partial charge in [-0.05, 0) is 6.92 Å². The van der Waals surface area contributed by atoms with Gasteiger partial charge in [0.1, 0.15) is 0 Å². The average Bonchev–Trinajstić information content (AvgIpc) is 1.98. The quantitative estimate of drug-likeness (QED) is 0.493. The molecule has 0 radical (unpaired) electrons. The average molecular weight is 199 g/mol. The molecule has 0 N–H and O–H groups in total. The van der Waals surface area contributed by atoms with Crippen molar-refractivity contribution in [2.24, 2.45) is 0 Å². The van der Waals surface area contributed by atoms with Crippen molar-refractivity contribution in [3.8, 4) is 0 Å². The maximum atomic E-state index is 10.6. The van der Waals surface area contributed by atoms with Crippen LogP contribution in [0.1, 0.15) is 6.92 Å². The molecule has 0 unspecified atom stereocenters. The van der Waals surface area contributed by atoms with E-state index in [0.29, 0.717) is 0 Å². The predicted octanol–water partition coefficient (Wildman–Crippen LogP) is 1.12. The summed E-state index contributed by atoms with van der Waals surface area (Å²) in [5.41, 5.74) is 0. The van der Waals surface area contributed by atoms with Crippen LogP contribution in [0.25, 0.3) is 0 Å². The lowest BCUT2D eigenvalue weighted by Gasteiger charge is -2.40. The van der Waals surface area contributed by atoms with E-state index in [1.54, 1.807) is 6.92 Å². The first-order valence-electron chi connectivity index (χ1n) is 3.12. The summed E-state index contributed by atoms with van der Waals surface area (Å²) in [6, 6.07) is 0. The molecular formula is C6H8Cl2O3. The summed E-state index contributed by atoms with van der Waals surface area (Å²) in [6.45, 7) is 1.73. The summed E-state index contributed by atoms with van der Waals surface area (Å²) in [5, 5.41) is 0. The van der Waals surface area contributed by atoms with Crippen molar-refractivity contribution in [1.29, 1.82) is 0 Å². The minimum Gasteiger partial charge on any atom is -0.453 e. The van der Waals surface area contributed by atoms with Gasteiger partial charge in [0.15, 0.2) is 6.10 Å². The van der Waals surface area contributed by atoms with Crippen molar-refractivity contribution in [3.63, 3.8) is 0 Å². The molecule has 0 saturated carbocycles. The molecular weight excluding hydrogens is 191 g/mol. The second kappa shape index (κ2) is 2.81. The van der Waals surface area contributed by atoms with Gasteiger partial charge in [-0.1, -0.05) is 23.2 Å². The van der Waals surface area contributed by atoms with E-state index in [4.69, 9.17) is 27.9 Å². The number of carbonyl (C=O) groups is 1. The highest BCUT2D eigenvalue weighted by atomic mass is 35.5. The summed E-state index contributed by atoms with van der Waals surface area (Å²) in [6.07, 6.45) is -0.828. The molecule has 64 valence electrons. The molecule has 3 nitrogen and oxygen atoms in total. The lowest BCUT2D eigenvalue weighted by Crippen LogP contribution is -2.59. The molecule has 2 atom stereocenters. The number of alkyl halides is 2.